The lowest BCUT2D eigenvalue weighted by Crippen LogP contribution is -2.26. The predicted molar refractivity (Wildman–Crippen MR) is 80.5 cm³/mol. The van der Waals surface area contributed by atoms with Gasteiger partial charge in [0.1, 0.15) is 11.6 Å². The Kier molecular flexibility index (Phi) is 4.10. The predicted octanol–water partition coefficient (Wildman–Crippen LogP) is -0.780. The van der Waals surface area contributed by atoms with E-state index in [2.05, 4.69) is 15.4 Å². The van der Waals surface area contributed by atoms with Crippen LogP contribution in [0.1, 0.15) is 13.3 Å². The van der Waals surface area contributed by atoms with E-state index in [-0.39, 0.29) is 29.7 Å². The third-order valence-electron chi connectivity index (χ3n) is 3.76. The minimum Gasteiger partial charge on any atom is -0.497 e. The molecule has 1 aliphatic rings. The van der Waals surface area contributed by atoms with E-state index >= 15 is 0 Å². The average molecular weight is 320 g/mol. The SMILES string of the molecule is C[C@@H](Oc1nc(OB(O)O)cc2nn(C)cc12)[C@H]1CNC(=O)C1. The summed E-state index contributed by atoms with van der Waals surface area (Å²) in [6, 6.07) is 1.49. The van der Waals surface area contributed by atoms with Crippen LogP contribution in [0.25, 0.3) is 10.9 Å². The summed E-state index contributed by atoms with van der Waals surface area (Å²) in [5.41, 5.74) is 0.556. The molecule has 3 N–H and O–H groups in total. The van der Waals surface area contributed by atoms with Crippen molar-refractivity contribution in [1.29, 1.82) is 0 Å². The van der Waals surface area contributed by atoms with Crippen LogP contribution >= 0.6 is 0 Å². The molecule has 23 heavy (non-hydrogen) atoms. The van der Waals surface area contributed by atoms with Crippen molar-refractivity contribution in [3.05, 3.63) is 12.3 Å². The van der Waals surface area contributed by atoms with Crippen LogP contribution in [0.15, 0.2) is 12.3 Å². The molecule has 1 aliphatic heterocycles. The fourth-order valence-electron chi connectivity index (χ4n) is 2.58. The summed E-state index contributed by atoms with van der Waals surface area (Å²) < 4.78 is 12.3. The number of fused-ring (bicyclic) bond motifs is 1. The third-order valence-corrected chi connectivity index (χ3v) is 3.76. The summed E-state index contributed by atoms with van der Waals surface area (Å²) in [5, 5.41) is 25.6. The van der Waals surface area contributed by atoms with Gasteiger partial charge >= 0.3 is 7.32 Å². The number of amides is 1. The Morgan fingerprint density at radius 1 is 1.52 bits per heavy atom. The van der Waals surface area contributed by atoms with Crippen LogP contribution in [0.5, 0.6) is 11.8 Å². The topological polar surface area (TPSA) is 119 Å². The van der Waals surface area contributed by atoms with Gasteiger partial charge in [-0.2, -0.15) is 10.1 Å². The highest BCUT2D eigenvalue weighted by Crippen LogP contribution is 2.29. The summed E-state index contributed by atoms with van der Waals surface area (Å²) >= 11 is 0. The zero-order valence-corrected chi connectivity index (χ0v) is 12.8. The Hall–Kier alpha value is -2.33. The van der Waals surface area contributed by atoms with Crippen LogP contribution in [-0.2, 0) is 11.8 Å². The second kappa shape index (κ2) is 6.05. The second-order valence-electron chi connectivity index (χ2n) is 5.54. The van der Waals surface area contributed by atoms with E-state index in [0.29, 0.717) is 23.9 Å². The van der Waals surface area contributed by atoms with Gasteiger partial charge in [-0.3, -0.25) is 9.48 Å². The largest absolute Gasteiger partial charge is 0.708 e. The average Bonchev–Trinajstić information content (AvgIpc) is 3.03. The molecule has 0 unspecified atom stereocenters. The quantitative estimate of drug-likeness (QED) is 0.618. The molecule has 0 aliphatic carbocycles. The Morgan fingerprint density at radius 3 is 2.96 bits per heavy atom. The summed E-state index contributed by atoms with van der Waals surface area (Å²) in [6.45, 7) is 2.42. The minimum atomic E-state index is -1.98. The first kappa shape index (κ1) is 15.6. The molecule has 3 rings (SSSR count). The number of carbonyl (C=O) groups excluding carboxylic acids is 1. The number of hydrogen-bond donors (Lipinski definition) is 3. The summed E-state index contributed by atoms with van der Waals surface area (Å²) in [5.74, 6) is 0.321. The van der Waals surface area contributed by atoms with Gasteiger partial charge in [0.25, 0.3) is 0 Å². The highest BCUT2D eigenvalue weighted by atomic mass is 16.6. The number of nitrogens with zero attached hydrogens (tertiary/aromatic N) is 3. The lowest BCUT2D eigenvalue weighted by Gasteiger charge is -2.19. The van der Waals surface area contributed by atoms with Crippen molar-refractivity contribution >= 4 is 24.1 Å². The molecule has 2 aromatic heterocycles. The number of aromatic nitrogens is 3. The standard InChI is InChI=1S/C13H17BN4O5/c1-7(8-3-11(19)15-5-8)22-13-9-6-18(2)17-10(9)4-12(16-13)23-14(20)21/h4,6-8,20-21H,3,5H2,1-2H3,(H,15,19)/t7-,8-/m1/s1. The normalized spacial score (nSPS) is 18.8. The molecule has 0 aromatic carbocycles. The molecule has 0 spiro atoms. The van der Waals surface area contributed by atoms with Gasteiger partial charge < -0.3 is 24.8 Å². The molecular formula is C13H17BN4O5. The van der Waals surface area contributed by atoms with Crippen LogP contribution in [0.3, 0.4) is 0 Å². The molecule has 0 saturated carbocycles. The van der Waals surface area contributed by atoms with Crippen LogP contribution in [0.2, 0.25) is 0 Å². The van der Waals surface area contributed by atoms with Crippen molar-refractivity contribution in [2.75, 3.05) is 6.54 Å². The number of carbonyl (C=O) groups is 1. The van der Waals surface area contributed by atoms with Crippen LogP contribution in [-0.4, -0.2) is 50.7 Å². The molecule has 1 saturated heterocycles. The van der Waals surface area contributed by atoms with E-state index in [1.54, 1.807) is 17.9 Å². The molecule has 0 radical (unpaired) electrons. The van der Waals surface area contributed by atoms with Crippen LogP contribution < -0.4 is 14.7 Å². The Morgan fingerprint density at radius 2 is 2.30 bits per heavy atom. The second-order valence-corrected chi connectivity index (χ2v) is 5.54. The number of rotatable bonds is 5. The van der Waals surface area contributed by atoms with Gasteiger partial charge in [0.05, 0.1) is 5.39 Å². The Labute approximate surface area is 132 Å². The molecule has 0 bridgehead atoms. The van der Waals surface area contributed by atoms with Crippen molar-refractivity contribution < 1.29 is 24.2 Å². The highest BCUT2D eigenvalue weighted by Gasteiger charge is 2.29. The first-order chi connectivity index (χ1) is 10.9. The van der Waals surface area contributed by atoms with Crippen molar-refractivity contribution in [1.82, 2.24) is 20.1 Å². The number of ether oxygens (including phenoxy) is 1. The Balaban J connectivity index is 1.89. The summed E-state index contributed by atoms with van der Waals surface area (Å²) in [4.78, 5) is 15.5. The van der Waals surface area contributed by atoms with Crippen molar-refractivity contribution in [2.45, 2.75) is 19.4 Å². The minimum absolute atomic E-state index is 0.00502. The monoisotopic (exact) mass is 320 g/mol. The smallest absolute Gasteiger partial charge is 0.497 e. The molecule has 1 fully saturated rings. The maximum Gasteiger partial charge on any atom is 0.708 e. The van der Waals surface area contributed by atoms with E-state index in [4.69, 9.17) is 19.4 Å². The molecule has 122 valence electrons. The zero-order valence-electron chi connectivity index (χ0n) is 12.8. The Bertz CT molecular complexity index is 734. The van der Waals surface area contributed by atoms with E-state index in [0.717, 1.165) is 0 Å². The molecule has 10 heteroatoms. The lowest BCUT2D eigenvalue weighted by atomic mass is 10.0. The van der Waals surface area contributed by atoms with Gasteiger partial charge in [-0.25, -0.2) is 0 Å². The molecule has 2 aromatic rings. The molecule has 9 nitrogen and oxygen atoms in total. The molecule has 2 atom stereocenters. The van der Waals surface area contributed by atoms with Gasteiger partial charge in [-0.05, 0) is 6.92 Å². The van der Waals surface area contributed by atoms with E-state index in [9.17, 15) is 4.79 Å². The third kappa shape index (κ3) is 3.38. The van der Waals surface area contributed by atoms with Crippen molar-refractivity contribution in [3.8, 4) is 11.8 Å². The number of hydrogen-bond acceptors (Lipinski definition) is 7. The van der Waals surface area contributed by atoms with Gasteiger partial charge in [-0.1, -0.05) is 0 Å². The van der Waals surface area contributed by atoms with Crippen LogP contribution in [0.4, 0.5) is 0 Å². The summed E-state index contributed by atoms with van der Waals surface area (Å²) in [7, 11) is -0.223. The van der Waals surface area contributed by atoms with Crippen LogP contribution in [0, 0.1) is 5.92 Å². The molecule has 1 amide bonds. The maximum atomic E-state index is 11.3. The lowest BCUT2D eigenvalue weighted by molar-refractivity contribution is -0.119. The number of aryl methyl sites for hydroxylation is 1. The number of pyridine rings is 1. The molecular weight excluding hydrogens is 303 g/mol. The zero-order chi connectivity index (χ0) is 16.6. The number of nitrogens with one attached hydrogen (secondary N) is 1. The van der Waals surface area contributed by atoms with Crippen molar-refractivity contribution in [3.63, 3.8) is 0 Å². The van der Waals surface area contributed by atoms with Gasteiger partial charge in [0.15, 0.2) is 0 Å². The highest BCUT2D eigenvalue weighted by molar-refractivity contribution is 6.33. The van der Waals surface area contributed by atoms with Crippen molar-refractivity contribution in [2.24, 2.45) is 13.0 Å². The molecule has 3 heterocycles. The first-order valence-electron chi connectivity index (χ1n) is 7.23. The van der Waals surface area contributed by atoms with E-state index in [1.165, 1.54) is 6.07 Å². The van der Waals surface area contributed by atoms with E-state index < -0.39 is 7.32 Å². The fraction of sp³-hybridized carbons (Fsp3) is 0.462. The first-order valence-corrected chi connectivity index (χ1v) is 7.23. The maximum absolute atomic E-state index is 11.3. The van der Waals surface area contributed by atoms with Gasteiger partial charge in [-0.15, -0.1) is 0 Å². The fourth-order valence-corrected chi connectivity index (χ4v) is 2.58. The van der Waals surface area contributed by atoms with Gasteiger partial charge in [0, 0.05) is 38.2 Å². The summed E-state index contributed by atoms with van der Waals surface area (Å²) in [6.07, 6.45) is 1.91. The van der Waals surface area contributed by atoms with Gasteiger partial charge in [0.2, 0.25) is 17.7 Å². The van der Waals surface area contributed by atoms with E-state index in [1.807, 2.05) is 6.92 Å².